The minimum absolute atomic E-state index is 0.178. The van der Waals surface area contributed by atoms with Crippen molar-refractivity contribution in [3.8, 4) is 5.88 Å². The van der Waals surface area contributed by atoms with Crippen LogP contribution in [0.25, 0.3) is 0 Å². The molecule has 0 radical (unpaired) electrons. The van der Waals surface area contributed by atoms with Gasteiger partial charge in [0.05, 0.1) is 18.3 Å². The fourth-order valence-electron chi connectivity index (χ4n) is 3.82. The molecular weight excluding hydrogens is 334 g/mol. The van der Waals surface area contributed by atoms with E-state index in [0.717, 1.165) is 36.7 Å². The first-order valence-corrected chi connectivity index (χ1v) is 8.71. The number of nitrogens with zero attached hydrogens (tertiary/aromatic N) is 3. The summed E-state index contributed by atoms with van der Waals surface area (Å²) >= 11 is 1.04. The highest BCUT2D eigenvalue weighted by atomic mass is 32.1. The third kappa shape index (κ3) is 2.30. The standard InChI is InChI=1S/C15H17N3O5S/c1-2-21-14-13(16-24-17-14)12-9-5-7-18(8-6-9)15(12)22-10(19)3-4-11(20)23-15/h3-4,9,12H,2,5-8H2,1H3. The fraction of sp³-hybridized carbons (Fsp3) is 0.600. The summed E-state index contributed by atoms with van der Waals surface area (Å²) in [4.78, 5) is 26.1. The van der Waals surface area contributed by atoms with E-state index in [9.17, 15) is 9.59 Å². The van der Waals surface area contributed by atoms with Crippen LogP contribution in [-0.2, 0) is 19.1 Å². The van der Waals surface area contributed by atoms with Crippen molar-refractivity contribution in [3.05, 3.63) is 17.8 Å². The van der Waals surface area contributed by atoms with Crippen molar-refractivity contribution < 1.29 is 23.8 Å². The molecule has 4 aliphatic rings. The lowest BCUT2D eigenvalue weighted by molar-refractivity contribution is -0.324. The van der Waals surface area contributed by atoms with Crippen molar-refractivity contribution in [2.24, 2.45) is 5.92 Å². The molecule has 3 fully saturated rings. The maximum absolute atomic E-state index is 12.1. The number of piperidine rings is 3. The second kappa shape index (κ2) is 5.82. The van der Waals surface area contributed by atoms with Crippen molar-refractivity contribution in [1.29, 1.82) is 0 Å². The number of carbonyl (C=O) groups excluding carboxylic acids is 2. The van der Waals surface area contributed by atoms with Gasteiger partial charge in [0.2, 0.25) is 5.88 Å². The van der Waals surface area contributed by atoms with Gasteiger partial charge >= 0.3 is 17.8 Å². The molecule has 0 amide bonds. The summed E-state index contributed by atoms with van der Waals surface area (Å²) in [5, 5.41) is 0. The van der Waals surface area contributed by atoms with Crippen LogP contribution in [0.4, 0.5) is 0 Å². The molecule has 5 heterocycles. The molecule has 0 aromatic carbocycles. The van der Waals surface area contributed by atoms with Crippen LogP contribution in [0.5, 0.6) is 5.88 Å². The van der Waals surface area contributed by atoms with E-state index in [4.69, 9.17) is 14.2 Å². The Bertz CT molecular complexity index is 675. The van der Waals surface area contributed by atoms with Crippen LogP contribution in [0.2, 0.25) is 0 Å². The average molecular weight is 351 g/mol. The highest BCUT2D eigenvalue weighted by Crippen LogP contribution is 2.52. The zero-order chi connectivity index (χ0) is 16.7. The highest BCUT2D eigenvalue weighted by Gasteiger charge is 2.62. The molecule has 3 saturated heterocycles. The zero-order valence-electron chi connectivity index (χ0n) is 13.1. The Balaban J connectivity index is 1.81. The third-order valence-electron chi connectivity index (χ3n) is 4.75. The summed E-state index contributed by atoms with van der Waals surface area (Å²) < 4.78 is 25.5. The second-order valence-corrected chi connectivity index (χ2v) is 6.52. The van der Waals surface area contributed by atoms with Gasteiger partial charge in [-0.2, -0.15) is 4.37 Å². The number of carbonyl (C=O) groups is 2. The maximum atomic E-state index is 12.1. The number of hydrogen-bond acceptors (Lipinski definition) is 9. The van der Waals surface area contributed by atoms with Crippen LogP contribution >= 0.6 is 11.7 Å². The Morgan fingerprint density at radius 3 is 2.54 bits per heavy atom. The molecule has 1 spiro atoms. The molecule has 128 valence electrons. The lowest BCUT2D eigenvalue weighted by Gasteiger charge is -2.54. The lowest BCUT2D eigenvalue weighted by Crippen LogP contribution is -2.66. The molecule has 0 aliphatic carbocycles. The van der Waals surface area contributed by atoms with E-state index < -0.39 is 23.8 Å². The number of aromatic nitrogens is 2. The third-order valence-corrected chi connectivity index (χ3v) is 5.28. The van der Waals surface area contributed by atoms with E-state index in [0.29, 0.717) is 31.3 Å². The van der Waals surface area contributed by atoms with Gasteiger partial charge in [-0.15, -0.1) is 4.37 Å². The first-order valence-electron chi connectivity index (χ1n) is 7.98. The molecule has 0 N–H and O–H groups in total. The predicted molar refractivity (Wildman–Crippen MR) is 82.2 cm³/mol. The number of hydrogen-bond donors (Lipinski definition) is 0. The van der Waals surface area contributed by atoms with E-state index in [2.05, 4.69) is 8.75 Å². The van der Waals surface area contributed by atoms with E-state index in [1.807, 2.05) is 11.8 Å². The molecule has 1 atom stereocenters. The van der Waals surface area contributed by atoms with Crippen molar-refractivity contribution in [1.82, 2.24) is 13.6 Å². The molecule has 2 bridgehead atoms. The quantitative estimate of drug-likeness (QED) is 0.747. The first-order chi connectivity index (χ1) is 11.6. The van der Waals surface area contributed by atoms with Crippen LogP contribution in [0, 0.1) is 5.92 Å². The van der Waals surface area contributed by atoms with Gasteiger partial charge in [0.1, 0.15) is 11.6 Å². The second-order valence-electron chi connectivity index (χ2n) is 6.00. The van der Waals surface area contributed by atoms with Crippen molar-refractivity contribution in [2.75, 3.05) is 19.7 Å². The minimum atomic E-state index is -1.47. The topological polar surface area (TPSA) is 90.9 Å². The zero-order valence-corrected chi connectivity index (χ0v) is 14.0. The van der Waals surface area contributed by atoms with Gasteiger partial charge in [0.15, 0.2) is 0 Å². The van der Waals surface area contributed by atoms with Gasteiger partial charge in [-0.1, -0.05) is 0 Å². The Labute approximate surface area is 142 Å². The lowest BCUT2D eigenvalue weighted by atomic mass is 9.74. The van der Waals surface area contributed by atoms with Crippen molar-refractivity contribution in [2.45, 2.75) is 31.6 Å². The minimum Gasteiger partial charge on any atom is -0.476 e. The van der Waals surface area contributed by atoms with Crippen LogP contribution in [-0.4, -0.2) is 51.2 Å². The summed E-state index contributed by atoms with van der Waals surface area (Å²) in [6.45, 7) is 3.71. The molecule has 8 nitrogen and oxygen atoms in total. The average Bonchev–Trinajstić information content (AvgIpc) is 2.96. The Morgan fingerprint density at radius 2 is 1.92 bits per heavy atom. The molecule has 4 aliphatic heterocycles. The number of esters is 2. The molecule has 1 aromatic heterocycles. The van der Waals surface area contributed by atoms with E-state index in [1.54, 1.807) is 0 Å². The Morgan fingerprint density at radius 1 is 1.25 bits per heavy atom. The van der Waals surface area contributed by atoms with Gasteiger partial charge in [0.25, 0.3) is 0 Å². The monoisotopic (exact) mass is 351 g/mol. The summed E-state index contributed by atoms with van der Waals surface area (Å²) in [5.41, 5.74) is 0.596. The molecule has 5 rings (SSSR count). The number of ether oxygens (including phenoxy) is 3. The van der Waals surface area contributed by atoms with Gasteiger partial charge < -0.3 is 14.2 Å². The molecular formula is C15H17N3O5S. The first kappa shape index (κ1) is 15.5. The van der Waals surface area contributed by atoms with Gasteiger partial charge in [-0.05, 0) is 25.7 Å². The van der Waals surface area contributed by atoms with E-state index in [1.165, 1.54) is 0 Å². The molecule has 0 saturated carbocycles. The molecule has 1 unspecified atom stereocenters. The van der Waals surface area contributed by atoms with Crippen LogP contribution in [0.15, 0.2) is 12.2 Å². The van der Waals surface area contributed by atoms with Crippen LogP contribution in [0.1, 0.15) is 31.4 Å². The normalized spacial score (nSPS) is 30.8. The van der Waals surface area contributed by atoms with Gasteiger partial charge in [-0.25, -0.2) is 14.5 Å². The maximum Gasteiger partial charge on any atom is 0.335 e. The Hall–Kier alpha value is -2.00. The van der Waals surface area contributed by atoms with Crippen LogP contribution in [0.3, 0.4) is 0 Å². The molecule has 9 heteroatoms. The number of rotatable bonds is 3. The van der Waals surface area contributed by atoms with Crippen LogP contribution < -0.4 is 4.74 Å². The summed E-state index contributed by atoms with van der Waals surface area (Å²) in [7, 11) is 0. The van der Waals surface area contributed by atoms with E-state index in [-0.39, 0.29) is 5.92 Å². The highest BCUT2D eigenvalue weighted by molar-refractivity contribution is 6.99. The number of fused-ring (bicyclic) bond motifs is 2. The predicted octanol–water partition coefficient (Wildman–Crippen LogP) is 1.06. The summed E-state index contributed by atoms with van der Waals surface area (Å²) in [6.07, 6.45) is 4.02. The summed E-state index contributed by atoms with van der Waals surface area (Å²) in [6, 6.07) is 0. The SMILES string of the molecule is CCOc1nsnc1C1C2CCN(CC2)C12OC(=O)C=CC(=O)O2. The fourth-order valence-corrected chi connectivity index (χ4v) is 4.36. The summed E-state index contributed by atoms with van der Waals surface area (Å²) in [5.74, 6) is -2.48. The van der Waals surface area contributed by atoms with Gasteiger partial charge in [0, 0.05) is 25.2 Å². The largest absolute Gasteiger partial charge is 0.476 e. The van der Waals surface area contributed by atoms with Crippen molar-refractivity contribution >= 4 is 23.7 Å². The molecule has 1 aromatic rings. The van der Waals surface area contributed by atoms with Gasteiger partial charge in [-0.3, -0.25) is 0 Å². The Kier molecular flexibility index (Phi) is 3.76. The van der Waals surface area contributed by atoms with Crippen molar-refractivity contribution in [3.63, 3.8) is 0 Å². The smallest absolute Gasteiger partial charge is 0.335 e. The van der Waals surface area contributed by atoms with E-state index >= 15 is 0 Å². The molecule has 24 heavy (non-hydrogen) atoms.